The summed E-state index contributed by atoms with van der Waals surface area (Å²) >= 11 is 0. The van der Waals surface area contributed by atoms with Gasteiger partial charge in [-0.15, -0.1) is 0 Å². The lowest BCUT2D eigenvalue weighted by Gasteiger charge is -2.27. The van der Waals surface area contributed by atoms with E-state index in [1.165, 1.54) is 0 Å². The molecule has 0 aromatic heterocycles. The van der Waals surface area contributed by atoms with Crippen molar-refractivity contribution < 1.29 is 14.3 Å². The van der Waals surface area contributed by atoms with Crippen LogP contribution in [0.3, 0.4) is 0 Å². The molecule has 7 heteroatoms. The van der Waals surface area contributed by atoms with Crippen LogP contribution in [0.5, 0.6) is 0 Å². The van der Waals surface area contributed by atoms with Crippen molar-refractivity contribution in [1.29, 1.82) is 0 Å². The molecule has 0 radical (unpaired) electrons. The van der Waals surface area contributed by atoms with Gasteiger partial charge < -0.3 is 4.48 Å². The van der Waals surface area contributed by atoms with Crippen LogP contribution in [0.2, 0.25) is 0 Å². The first-order valence-electron chi connectivity index (χ1n) is 3.19. The summed E-state index contributed by atoms with van der Waals surface area (Å²) in [5, 5.41) is 20.3. The fourth-order valence-corrected chi connectivity index (χ4v) is 0.606. The van der Waals surface area contributed by atoms with Crippen molar-refractivity contribution >= 4 is 0 Å². The molecule has 0 heterocycles. The highest BCUT2D eigenvalue weighted by Crippen LogP contribution is 2.06. The van der Waals surface area contributed by atoms with E-state index in [0.29, 0.717) is 0 Å². The van der Waals surface area contributed by atoms with E-state index in [1.54, 1.807) is 21.1 Å². The van der Waals surface area contributed by atoms with Crippen LogP contribution in [0.4, 0.5) is 0 Å². The van der Waals surface area contributed by atoms with Crippen LogP contribution in [0.1, 0.15) is 0 Å². The van der Waals surface area contributed by atoms with Crippen molar-refractivity contribution in [2.75, 3.05) is 27.7 Å². The average Bonchev–Trinajstić information content (AvgIpc) is 1.79. The van der Waals surface area contributed by atoms with Crippen molar-refractivity contribution in [2.45, 2.75) is 0 Å². The van der Waals surface area contributed by atoms with Crippen LogP contribution in [-0.2, 0) is 0 Å². The standard InChI is InChI=1S/C5H11N3O4/c1-8(2,3)4-5(6(9)10)7(11)12/h4H2,1-3H3. The van der Waals surface area contributed by atoms with E-state index in [1.807, 2.05) is 0 Å². The third-order valence-electron chi connectivity index (χ3n) is 1.04. The van der Waals surface area contributed by atoms with E-state index in [0.717, 1.165) is 0 Å². The number of nitro groups is 2. The highest BCUT2D eigenvalue weighted by molar-refractivity contribution is 4.58. The SMILES string of the molecule is C[N+](C)(C)C[C-]([N+](=O)[O-])[N+](=O)[O-]. The zero-order valence-corrected chi connectivity index (χ0v) is 7.18. The van der Waals surface area contributed by atoms with E-state index in [-0.39, 0.29) is 11.0 Å². The first-order valence-corrected chi connectivity index (χ1v) is 3.19. The molecule has 7 nitrogen and oxygen atoms in total. The second-order valence-electron chi connectivity index (χ2n) is 3.38. The largest absolute Gasteiger partial charge is 0.344 e. The van der Waals surface area contributed by atoms with Crippen molar-refractivity contribution in [1.82, 2.24) is 0 Å². The van der Waals surface area contributed by atoms with Gasteiger partial charge in [0.05, 0.1) is 21.1 Å². The summed E-state index contributed by atoms with van der Waals surface area (Å²) in [4.78, 5) is 18.4. The van der Waals surface area contributed by atoms with E-state index in [9.17, 15) is 20.2 Å². The van der Waals surface area contributed by atoms with Crippen molar-refractivity contribution in [3.63, 3.8) is 0 Å². The first-order chi connectivity index (χ1) is 5.24. The molecule has 70 valence electrons. The van der Waals surface area contributed by atoms with E-state index < -0.39 is 16.0 Å². The second-order valence-corrected chi connectivity index (χ2v) is 3.38. The quantitative estimate of drug-likeness (QED) is 0.256. The normalized spacial score (nSPS) is 10.9. The number of likely N-dealkylation sites (N-methyl/N-ethyl adjacent to an activating group) is 1. The van der Waals surface area contributed by atoms with Crippen LogP contribution < -0.4 is 0 Å². The third-order valence-corrected chi connectivity index (χ3v) is 1.04. The lowest BCUT2D eigenvalue weighted by Crippen LogP contribution is -2.43. The fourth-order valence-electron chi connectivity index (χ4n) is 0.606. The van der Waals surface area contributed by atoms with Crippen LogP contribution in [-0.4, -0.2) is 42.0 Å². The molecule has 0 spiro atoms. The van der Waals surface area contributed by atoms with Crippen molar-refractivity contribution in [3.05, 3.63) is 26.4 Å². The molecule has 0 rings (SSSR count). The van der Waals surface area contributed by atoms with Gasteiger partial charge in [-0.25, -0.2) is 0 Å². The monoisotopic (exact) mass is 177 g/mol. The Labute approximate surface area is 69.5 Å². The smallest absolute Gasteiger partial charge is 0.315 e. The average molecular weight is 177 g/mol. The van der Waals surface area contributed by atoms with Crippen LogP contribution in [0.15, 0.2) is 0 Å². The first kappa shape index (κ1) is 10.6. The van der Waals surface area contributed by atoms with Crippen LogP contribution in [0.25, 0.3) is 0 Å². The van der Waals surface area contributed by atoms with E-state index in [4.69, 9.17) is 0 Å². The van der Waals surface area contributed by atoms with Gasteiger partial charge in [-0.05, 0) is 9.85 Å². The highest BCUT2D eigenvalue weighted by atomic mass is 16.7. The predicted octanol–water partition coefficient (Wildman–Crippen LogP) is -0.265. The Hall–Kier alpha value is -1.37. The highest BCUT2D eigenvalue weighted by Gasteiger charge is 2.26. The number of rotatable bonds is 4. The van der Waals surface area contributed by atoms with Crippen LogP contribution >= 0.6 is 0 Å². The zero-order chi connectivity index (χ0) is 9.94. The van der Waals surface area contributed by atoms with Gasteiger partial charge >= 0.3 is 6.17 Å². The number of quaternary nitrogens is 1. The molecule has 0 saturated carbocycles. The summed E-state index contributed by atoms with van der Waals surface area (Å²) in [5.41, 5.74) is 0. The lowest BCUT2D eigenvalue weighted by molar-refractivity contribution is -0.891. The van der Waals surface area contributed by atoms with Crippen molar-refractivity contribution in [3.8, 4) is 0 Å². The maximum absolute atomic E-state index is 10.1. The molecule has 0 unspecified atom stereocenters. The number of hydrogen-bond donors (Lipinski definition) is 0. The summed E-state index contributed by atoms with van der Waals surface area (Å²) in [5.74, 6) is 0. The Morgan fingerprint density at radius 1 is 1.17 bits per heavy atom. The third kappa shape index (κ3) is 3.71. The maximum Gasteiger partial charge on any atom is 0.315 e. The Kier molecular flexibility index (Phi) is 2.97. The Balaban J connectivity index is 4.35. The molecule has 0 N–H and O–H groups in total. The number of hydrogen-bond acceptors (Lipinski definition) is 4. The minimum absolute atomic E-state index is 0.164. The summed E-state index contributed by atoms with van der Waals surface area (Å²) in [6, 6.07) is 0. The molecule has 0 amide bonds. The van der Waals surface area contributed by atoms with E-state index >= 15 is 0 Å². The molecule has 0 aliphatic heterocycles. The lowest BCUT2D eigenvalue weighted by atomic mass is 10.4. The molecular formula is C5H11N3O4. The predicted molar refractivity (Wildman–Crippen MR) is 40.1 cm³/mol. The Morgan fingerprint density at radius 3 is 1.58 bits per heavy atom. The molecule has 0 aliphatic rings. The number of nitrogens with zero attached hydrogens (tertiary/aromatic N) is 3. The van der Waals surface area contributed by atoms with Crippen LogP contribution in [0, 0.1) is 26.4 Å². The minimum Gasteiger partial charge on any atom is -0.344 e. The van der Waals surface area contributed by atoms with E-state index in [2.05, 4.69) is 0 Å². The molecule has 0 saturated heterocycles. The van der Waals surface area contributed by atoms with Gasteiger partial charge in [-0.3, -0.25) is 20.2 Å². The van der Waals surface area contributed by atoms with Crippen molar-refractivity contribution in [2.24, 2.45) is 0 Å². The van der Waals surface area contributed by atoms with Gasteiger partial charge in [-0.2, -0.15) is 0 Å². The van der Waals surface area contributed by atoms with Gasteiger partial charge in [0, 0.05) is 0 Å². The molecule has 0 aliphatic carbocycles. The zero-order valence-electron chi connectivity index (χ0n) is 7.18. The summed E-state index contributed by atoms with van der Waals surface area (Å²) in [7, 11) is 4.94. The molecule has 0 fully saturated rings. The van der Waals surface area contributed by atoms with Gasteiger partial charge in [0.2, 0.25) is 0 Å². The summed E-state index contributed by atoms with van der Waals surface area (Å²) in [6.07, 6.45) is -0.873. The molecule has 12 heavy (non-hydrogen) atoms. The Bertz CT molecular complexity index is 183. The summed E-state index contributed by atoms with van der Waals surface area (Å²) < 4.78 is 0.164. The summed E-state index contributed by atoms with van der Waals surface area (Å²) in [6.45, 7) is -0.194. The van der Waals surface area contributed by atoms with Gasteiger partial charge in [0.25, 0.3) is 0 Å². The molecular weight excluding hydrogens is 166 g/mol. The molecule has 0 atom stereocenters. The minimum atomic E-state index is -0.955. The Morgan fingerprint density at radius 2 is 1.50 bits per heavy atom. The maximum atomic E-state index is 10.1. The topological polar surface area (TPSA) is 86.3 Å². The molecule has 0 aromatic rings. The van der Waals surface area contributed by atoms with Gasteiger partial charge in [0.1, 0.15) is 6.54 Å². The fraction of sp³-hybridized carbons (Fsp3) is 0.800. The van der Waals surface area contributed by atoms with Gasteiger partial charge in [0.15, 0.2) is 0 Å². The second kappa shape index (κ2) is 3.35. The van der Waals surface area contributed by atoms with Gasteiger partial charge in [-0.1, -0.05) is 0 Å². The molecule has 0 aromatic carbocycles. The molecule has 0 bridgehead atoms.